The number of carbonyl (C=O) groups excluding carboxylic acids is 1. The molecule has 0 saturated heterocycles. The van der Waals surface area contributed by atoms with Crippen LogP contribution in [0.15, 0.2) is 47.1 Å². The zero-order valence-electron chi connectivity index (χ0n) is 9.75. The Morgan fingerprint density at radius 1 is 1.26 bits per heavy atom. The Hall–Kier alpha value is -2.21. The Morgan fingerprint density at radius 2 is 2.11 bits per heavy atom. The van der Waals surface area contributed by atoms with Crippen LogP contribution in [-0.2, 0) is 0 Å². The Balaban J connectivity index is 2.33. The fourth-order valence-corrected chi connectivity index (χ4v) is 2.33. The van der Waals surface area contributed by atoms with E-state index in [1.54, 1.807) is 22.8 Å². The molecule has 5 nitrogen and oxygen atoms in total. The van der Waals surface area contributed by atoms with Gasteiger partial charge in [0.1, 0.15) is 0 Å². The standard InChI is InChI=1S/C13H9BrN4O/c14-9-4-1-3-8(7-9)13-17-11(12(15)19)10-5-2-6-16-18(10)13/h1-7H,(H2,15,19). The lowest BCUT2D eigenvalue weighted by atomic mass is 10.2. The van der Waals surface area contributed by atoms with Crippen LogP contribution in [0.2, 0.25) is 0 Å². The average Bonchev–Trinajstić information content (AvgIpc) is 2.78. The van der Waals surface area contributed by atoms with Gasteiger partial charge in [0.25, 0.3) is 5.91 Å². The molecule has 0 fully saturated rings. The number of carbonyl (C=O) groups is 1. The van der Waals surface area contributed by atoms with Crippen LogP contribution in [0.3, 0.4) is 0 Å². The van der Waals surface area contributed by atoms with Gasteiger partial charge in [0.05, 0.1) is 5.52 Å². The first-order chi connectivity index (χ1) is 9.16. The van der Waals surface area contributed by atoms with E-state index >= 15 is 0 Å². The minimum Gasteiger partial charge on any atom is -0.364 e. The number of primary amides is 1. The van der Waals surface area contributed by atoms with Crippen molar-refractivity contribution in [3.63, 3.8) is 0 Å². The number of aromatic nitrogens is 3. The van der Waals surface area contributed by atoms with Gasteiger partial charge in [-0.1, -0.05) is 28.1 Å². The minimum absolute atomic E-state index is 0.225. The molecule has 0 saturated carbocycles. The molecule has 0 unspecified atom stereocenters. The Bertz CT molecular complexity index is 781. The summed E-state index contributed by atoms with van der Waals surface area (Å²) in [5, 5.41) is 4.22. The summed E-state index contributed by atoms with van der Waals surface area (Å²) in [6, 6.07) is 11.1. The highest BCUT2D eigenvalue weighted by Gasteiger charge is 2.16. The fraction of sp³-hybridized carbons (Fsp3) is 0. The first-order valence-corrected chi connectivity index (χ1v) is 6.35. The molecule has 2 heterocycles. The van der Waals surface area contributed by atoms with E-state index in [1.165, 1.54) is 0 Å². The lowest BCUT2D eigenvalue weighted by Gasteiger charge is -2.00. The Kier molecular flexibility index (Phi) is 2.79. The lowest BCUT2D eigenvalue weighted by molar-refractivity contribution is 0.0997. The average molecular weight is 317 g/mol. The highest BCUT2D eigenvalue weighted by atomic mass is 79.9. The molecule has 2 aromatic heterocycles. The predicted octanol–water partition coefficient (Wildman–Crippen LogP) is 2.26. The molecular formula is C13H9BrN4O. The SMILES string of the molecule is NC(=O)c1nc(-c2cccc(Br)c2)n2ncccc12. The van der Waals surface area contributed by atoms with Gasteiger partial charge >= 0.3 is 0 Å². The molecule has 0 bridgehead atoms. The van der Waals surface area contributed by atoms with E-state index in [2.05, 4.69) is 26.0 Å². The monoisotopic (exact) mass is 316 g/mol. The van der Waals surface area contributed by atoms with E-state index in [0.717, 1.165) is 10.0 Å². The zero-order valence-corrected chi connectivity index (χ0v) is 11.3. The maximum atomic E-state index is 11.4. The number of benzene rings is 1. The highest BCUT2D eigenvalue weighted by molar-refractivity contribution is 9.10. The summed E-state index contributed by atoms with van der Waals surface area (Å²) in [5.41, 5.74) is 7.03. The van der Waals surface area contributed by atoms with Crippen LogP contribution in [-0.4, -0.2) is 20.5 Å². The van der Waals surface area contributed by atoms with Crippen molar-refractivity contribution < 1.29 is 4.79 Å². The lowest BCUT2D eigenvalue weighted by Crippen LogP contribution is -2.11. The topological polar surface area (TPSA) is 73.3 Å². The smallest absolute Gasteiger partial charge is 0.269 e. The molecule has 0 aliphatic rings. The number of hydrogen-bond acceptors (Lipinski definition) is 3. The number of nitrogens with two attached hydrogens (primary N) is 1. The van der Waals surface area contributed by atoms with E-state index < -0.39 is 5.91 Å². The van der Waals surface area contributed by atoms with Crippen molar-refractivity contribution in [3.05, 3.63) is 52.8 Å². The highest BCUT2D eigenvalue weighted by Crippen LogP contribution is 2.24. The Labute approximate surface area is 117 Å². The number of amides is 1. The van der Waals surface area contributed by atoms with Crippen LogP contribution in [0.25, 0.3) is 16.9 Å². The van der Waals surface area contributed by atoms with Crippen LogP contribution >= 0.6 is 15.9 Å². The summed E-state index contributed by atoms with van der Waals surface area (Å²) in [6.45, 7) is 0. The van der Waals surface area contributed by atoms with Crippen molar-refractivity contribution in [1.29, 1.82) is 0 Å². The number of fused-ring (bicyclic) bond motifs is 1. The van der Waals surface area contributed by atoms with Crippen molar-refractivity contribution in [3.8, 4) is 11.4 Å². The summed E-state index contributed by atoms with van der Waals surface area (Å²) in [5.74, 6) is 0.0254. The predicted molar refractivity (Wildman–Crippen MR) is 74.6 cm³/mol. The number of nitrogens with zero attached hydrogens (tertiary/aromatic N) is 3. The number of rotatable bonds is 2. The van der Waals surface area contributed by atoms with E-state index in [-0.39, 0.29) is 5.69 Å². The van der Waals surface area contributed by atoms with Crippen molar-refractivity contribution in [2.24, 2.45) is 5.73 Å². The molecule has 1 amide bonds. The molecule has 2 N–H and O–H groups in total. The van der Waals surface area contributed by atoms with Crippen molar-refractivity contribution in [2.75, 3.05) is 0 Å². The van der Waals surface area contributed by atoms with E-state index in [0.29, 0.717) is 11.3 Å². The summed E-state index contributed by atoms with van der Waals surface area (Å²) < 4.78 is 2.54. The van der Waals surface area contributed by atoms with Crippen LogP contribution in [0, 0.1) is 0 Å². The van der Waals surface area contributed by atoms with Crippen molar-refractivity contribution >= 4 is 27.4 Å². The van der Waals surface area contributed by atoms with Crippen LogP contribution < -0.4 is 5.73 Å². The third-order valence-corrected chi connectivity index (χ3v) is 3.22. The second-order valence-corrected chi connectivity index (χ2v) is 4.89. The zero-order chi connectivity index (χ0) is 13.4. The van der Waals surface area contributed by atoms with Crippen molar-refractivity contribution in [1.82, 2.24) is 14.6 Å². The van der Waals surface area contributed by atoms with Gasteiger partial charge < -0.3 is 5.73 Å². The van der Waals surface area contributed by atoms with E-state index in [4.69, 9.17) is 5.73 Å². The van der Waals surface area contributed by atoms with Gasteiger partial charge in [-0.25, -0.2) is 9.50 Å². The van der Waals surface area contributed by atoms with Gasteiger partial charge in [0.2, 0.25) is 0 Å². The van der Waals surface area contributed by atoms with Gasteiger partial charge in [-0.05, 0) is 24.3 Å². The maximum Gasteiger partial charge on any atom is 0.269 e. The third kappa shape index (κ3) is 2.00. The van der Waals surface area contributed by atoms with Crippen molar-refractivity contribution in [2.45, 2.75) is 0 Å². The van der Waals surface area contributed by atoms with Gasteiger partial charge in [-0.3, -0.25) is 4.79 Å². The molecule has 0 aliphatic carbocycles. The quantitative estimate of drug-likeness (QED) is 0.788. The molecule has 3 aromatic rings. The first-order valence-electron chi connectivity index (χ1n) is 5.56. The minimum atomic E-state index is -0.563. The second kappa shape index (κ2) is 4.47. The second-order valence-electron chi connectivity index (χ2n) is 3.98. The number of hydrogen-bond donors (Lipinski definition) is 1. The molecule has 0 aliphatic heterocycles. The van der Waals surface area contributed by atoms with Crippen LogP contribution in [0.5, 0.6) is 0 Å². The summed E-state index contributed by atoms with van der Waals surface area (Å²) in [7, 11) is 0. The Morgan fingerprint density at radius 3 is 2.84 bits per heavy atom. The van der Waals surface area contributed by atoms with Gasteiger partial charge in [-0.15, -0.1) is 0 Å². The molecule has 94 valence electrons. The fourth-order valence-electron chi connectivity index (χ4n) is 1.93. The largest absolute Gasteiger partial charge is 0.364 e. The number of halogens is 1. The summed E-state index contributed by atoms with van der Waals surface area (Å²) >= 11 is 3.41. The molecule has 0 spiro atoms. The normalized spacial score (nSPS) is 10.8. The van der Waals surface area contributed by atoms with Crippen LogP contribution in [0.1, 0.15) is 10.5 Å². The summed E-state index contributed by atoms with van der Waals surface area (Å²) in [6.07, 6.45) is 1.64. The molecule has 6 heteroatoms. The van der Waals surface area contributed by atoms with Gasteiger partial charge in [-0.2, -0.15) is 5.10 Å². The summed E-state index contributed by atoms with van der Waals surface area (Å²) in [4.78, 5) is 15.7. The molecule has 19 heavy (non-hydrogen) atoms. The first kappa shape index (κ1) is 11.9. The van der Waals surface area contributed by atoms with Gasteiger partial charge in [0.15, 0.2) is 11.5 Å². The molecule has 0 radical (unpaired) electrons. The number of imidazole rings is 1. The van der Waals surface area contributed by atoms with E-state index in [9.17, 15) is 4.79 Å². The van der Waals surface area contributed by atoms with Crippen LogP contribution in [0.4, 0.5) is 0 Å². The van der Waals surface area contributed by atoms with E-state index in [1.807, 2.05) is 24.3 Å². The molecule has 3 rings (SSSR count). The van der Waals surface area contributed by atoms with Gasteiger partial charge in [0, 0.05) is 16.2 Å². The third-order valence-electron chi connectivity index (χ3n) is 2.73. The molecule has 1 aromatic carbocycles. The molecule has 0 atom stereocenters. The maximum absolute atomic E-state index is 11.4. The molecular weight excluding hydrogens is 308 g/mol.